The van der Waals surface area contributed by atoms with E-state index in [9.17, 15) is 0 Å². The minimum absolute atomic E-state index is 0.628. The van der Waals surface area contributed by atoms with E-state index in [4.69, 9.17) is 0 Å². The predicted molar refractivity (Wildman–Crippen MR) is 121 cm³/mol. The van der Waals surface area contributed by atoms with Gasteiger partial charge in [0.1, 0.15) is 12.1 Å². The second-order valence-electron chi connectivity index (χ2n) is 7.81. The van der Waals surface area contributed by atoms with Gasteiger partial charge in [0.25, 0.3) is 0 Å². The molecule has 0 amide bonds. The molecule has 1 saturated heterocycles. The van der Waals surface area contributed by atoms with Gasteiger partial charge in [0.05, 0.1) is 0 Å². The Balaban J connectivity index is 1.40. The van der Waals surface area contributed by atoms with Crippen molar-refractivity contribution >= 4 is 5.96 Å². The van der Waals surface area contributed by atoms with Crippen LogP contribution in [0.1, 0.15) is 36.8 Å². The van der Waals surface area contributed by atoms with Gasteiger partial charge in [-0.25, -0.2) is 9.97 Å². The van der Waals surface area contributed by atoms with E-state index in [1.165, 1.54) is 17.5 Å². The van der Waals surface area contributed by atoms with Crippen LogP contribution in [0.3, 0.4) is 0 Å². The lowest BCUT2D eigenvalue weighted by atomic mass is 9.79. The maximum Gasteiger partial charge on any atom is 0.193 e. The number of hydrogen-bond donors (Lipinski definition) is 1. The predicted octanol–water partition coefficient (Wildman–Crippen LogP) is 3.86. The molecule has 0 radical (unpaired) electrons. The van der Waals surface area contributed by atoms with Crippen LogP contribution in [0.2, 0.25) is 0 Å². The number of likely N-dealkylation sites (tertiary alicyclic amines) is 1. The Morgan fingerprint density at radius 2 is 2.07 bits per heavy atom. The van der Waals surface area contributed by atoms with Gasteiger partial charge in [0.15, 0.2) is 5.96 Å². The van der Waals surface area contributed by atoms with Gasteiger partial charge < -0.3 is 10.2 Å². The molecule has 6 nitrogen and oxygen atoms in total. The summed E-state index contributed by atoms with van der Waals surface area (Å²) in [6.45, 7) is 5.07. The van der Waals surface area contributed by atoms with Crippen LogP contribution in [0, 0.1) is 5.92 Å². The van der Waals surface area contributed by atoms with Crippen LogP contribution in [-0.2, 0) is 6.54 Å². The highest BCUT2D eigenvalue weighted by atomic mass is 15.3. The Hall–Kier alpha value is -3.15. The first-order chi connectivity index (χ1) is 14.8. The number of piperidine rings is 1. The summed E-state index contributed by atoms with van der Waals surface area (Å²) in [6.07, 6.45) is 9.60. The van der Waals surface area contributed by atoms with Gasteiger partial charge in [-0.1, -0.05) is 43.7 Å². The summed E-state index contributed by atoms with van der Waals surface area (Å²) >= 11 is 0. The summed E-state index contributed by atoms with van der Waals surface area (Å²) in [4.78, 5) is 15.5. The molecule has 1 aliphatic rings. The fourth-order valence-corrected chi connectivity index (χ4v) is 4.40. The highest BCUT2D eigenvalue weighted by Gasteiger charge is 2.30. The van der Waals surface area contributed by atoms with Crippen molar-refractivity contribution in [1.29, 1.82) is 0 Å². The van der Waals surface area contributed by atoms with Crippen molar-refractivity contribution in [3.63, 3.8) is 0 Å². The molecule has 0 spiro atoms. The minimum Gasteiger partial charge on any atom is -0.352 e. The Morgan fingerprint density at radius 3 is 2.80 bits per heavy atom. The SMILES string of the molecule is CCC1CN(C(=NC)NCc2ccnc(-n3ccnc3)c2)CCC1c1ccccc1. The third-order valence-electron chi connectivity index (χ3n) is 6.03. The van der Waals surface area contributed by atoms with Crippen LogP contribution in [0.15, 0.2) is 72.4 Å². The van der Waals surface area contributed by atoms with Crippen molar-refractivity contribution in [2.75, 3.05) is 20.1 Å². The third-order valence-corrected chi connectivity index (χ3v) is 6.03. The first kappa shape index (κ1) is 20.1. The van der Waals surface area contributed by atoms with Crippen LogP contribution in [-0.4, -0.2) is 45.5 Å². The molecule has 30 heavy (non-hydrogen) atoms. The quantitative estimate of drug-likeness (QED) is 0.520. The monoisotopic (exact) mass is 402 g/mol. The lowest BCUT2D eigenvalue weighted by Crippen LogP contribution is -2.48. The van der Waals surface area contributed by atoms with E-state index in [-0.39, 0.29) is 0 Å². The Morgan fingerprint density at radius 1 is 1.20 bits per heavy atom. The van der Waals surface area contributed by atoms with Crippen molar-refractivity contribution in [3.8, 4) is 5.82 Å². The largest absolute Gasteiger partial charge is 0.352 e. The lowest BCUT2D eigenvalue weighted by Gasteiger charge is -2.40. The molecule has 3 aromatic rings. The summed E-state index contributed by atoms with van der Waals surface area (Å²) in [7, 11) is 1.87. The molecular weight excluding hydrogens is 372 g/mol. The molecule has 0 saturated carbocycles. The molecule has 2 unspecified atom stereocenters. The summed E-state index contributed by atoms with van der Waals surface area (Å²) in [5.74, 6) is 3.11. The second-order valence-corrected chi connectivity index (χ2v) is 7.81. The fourth-order valence-electron chi connectivity index (χ4n) is 4.40. The van der Waals surface area contributed by atoms with Crippen molar-refractivity contribution < 1.29 is 0 Å². The fraction of sp³-hybridized carbons (Fsp3) is 0.375. The standard InChI is InChI=1S/C24H30N6/c1-3-20-17-29(13-10-22(20)21-7-5-4-6-8-21)24(25-2)28-16-19-9-11-27-23(15-19)30-14-12-26-18-30/h4-9,11-12,14-15,18,20,22H,3,10,13,16-17H2,1-2H3,(H,25,28). The van der Waals surface area contributed by atoms with Gasteiger partial charge in [-0.05, 0) is 41.5 Å². The molecule has 2 atom stereocenters. The molecule has 6 heteroatoms. The second kappa shape index (κ2) is 9.57. The average molecular weight is 403 g/mol. The van der Waals surface area contributed by atoms with Crippen molar-refractivity contribution in [3.05, 3.63) is 78.5 Å². The van der Waals surface area contributed by atoms with Gasteiger partial charge in [0, 0.05) is 45.3 Å². The minimum atomic E-state index is 0.628. The van der Waals surface area contributed by atoms with Crippen LogP contribution < -0.4 is 5.32 Å². The average Bonchev–Trinajstić information content (AvgIpc) is 3.35. The molecule has 0 bridgehead atoms. The Labute approximate surface area is 178 Å². The number of aliphatic imine (C=N–C) groups is 1. The number of rotatable bonds is 5. The number of nitrogens with zero attached hydrogens (tertiary/aromatic N) is 5. The number of imidazole rings is 1. The van der Waals surface area contributed by atoms with Gasteiger partial charge >= 0.3 is 0 Å². The van der Waals surface area contributed by atoms with E-state index in [0.29, 0.717) is 18.4 Å². The van der Waals surface area contributed by atoms with E-state index in [1.54, 1.807) is 12.5 Å². The van der Waals surface area contributed by atoms with E-state index in [2.05, 4.69) is 68.5 Å². The molecule has 4 rings (SSSR count). The molecule has 3 heterocycles. The number of guanidine groups is 1. The van der Waals surface area contributed by atoms with Gasteiger partial charge in [-0.15, -0.1) is 0 Å². The normalized spacial score (nSPS) is 19.7. The highest BCUT2D eigenvalue weighted by molar-refractivity contribution is 5.80. The smallest absolute Gasteiger partial charge is 0.193 e. The van der Waals surface area contributed by atoms with Crippen LogP contribution >= 0.6 is 0 Å². The van der Waals surface area contributed by atoms with Gasteiger partial charge in [0.2, 0.25) is 0 Å². The van der Waals surface area contributed by atoms with Crippen molar-refractivity contribution in [2.45, 2.75) is 32.2 Å². The zero-order valence-electron chi connectivity index (χ0n) is 17.8. The Bertz CT molecular complexity index is 951. The van der Waals surface area contributed by atoms with Crippen LogP contribution in [0.4, 0.5) is 0 Å². The maximum atomic E-state index is 4.57. The molecule has 1 aromatic carbocycles. The third kappa shape index (κ3) is 4.53. The molecular formula is C24H30N6. The van der Waals surface area contributed by atoms with E-state index in [0.717, 1.165) is 31.3 Å². The highest BCUT2D eigenvalue weighted by Crippen LogP contribution is 2.34. The summed E-state index contributed by atoms with van der Waals surface area (Å²) in [5, 5.41) is 3.55. The van der Waals surface area contributed by atoms with Gasteiger partial charge in [-0.2, -0.15) is 0 Å². The molecule has 1 N–H and O–H groups in total. The molecule has 1 aliphatic heterocycles. The Kier molecular flexibility index (Phi) is 6.42. The maximum absolute atomic E-state index is 4.57. The summed E-state index contributed by atoms with van der Waals surface area (Å²) in [6, 6.07) is 15.1. The number of pyridine rings is 1. The van der Waals surface area contributed by atoms with Crippen LogP contribution in [0.5, 0.6) is 0 Å². The molecule has 156 valence electrons. The first-order valence-corrected chi connectivity index (χ1v) is 10.7. The van der Waals surface area contributed by atoms with Gasteiger partial charge in [-0.3, -0.25) is 9.56 Å². The number of aromatic nitrogens is 3. The van der Waals surface area contributed by atoms with Crippen LogP contribution in [0.25, 0.3) is 5.82 Å². The number of hydrogen-bond acceptors (Lipinski definition) is 3. The lowest BCUT2D eigenvalue weighted by molar-refractivity contribution is 0.215. The summed E-state index contributed by atoms with van der Waals surface area (Å²) in [5.41, 5.74) is 2.64. The van der Waals surface area contributed by atoms with Crippen molar-refractivity contribution in [2.24, 2.45) is 10.9 Å². The summed E-state index contributed by atoms with van der Waals surface area (Å²) < 4.78 is 1.92. The molecule has 2 aromatic heterocycles. The van der Waals surface area contributed by atoms with E-state index < -0.39 is 0 Å². The van der Waals surface area contributed by atoms with Crippen molar-refractivity contribution in [1.82, 2.24) is 24.8 Å². The van der Waals surface area contributed by atoms with E-state index >= 15 is 0 Å². The number of nitrogens with one attached hydrogen (secondary N) is 1. The molecule has 1 fully saturated rings. The number of benzene rings is 1. The zero-order valence-corrected chi connectivity index (χ0v) is 17.8. The zero-order chi connectivity index (χ0) is 20.8. The topological polar surface area (TPSA) is 58.3 Å². The van der Waals surface area contributed by atoms with E-state index in [1.807, 2.05) is 30.1 Å². The first-order valence-electron chi connectivity index (χ1n) is 10.7. The molecule has 0 aliphatic carbocycles.